The Hall–Kier alpha value is -2.88. The fourth-order valence-electron chi connectivity index (χ4n) is 3.05. The third-order valence-corrected chi connectivity index (χ3v) is 4.58. The number of hydrogen-bond acceptors (Lipinski definition) is 2. The van der Waals surface area contributed by atoms with Crippen LogP contribution in [-0.2, 0) is 6.54 Å². The summed E-state index contributed by atoms with van der Waals surface area (Å²) < 4.78 is 2.15. The first-order valence-electron chi connectivity index (χ1n) is 8.76. The van der Waals surface area contributed by atoms with Gasteiger partial charge in [0.1, 0.15) is 5.82 Å². The Morgan fingerprint density at radius 1 is 1.04 bits per heavy atom. The van der Waals surface area contributed by atoms with Crippen molar-refractivity contribution >= 4 is 5.91 Å². The molecule has 2 aromatic carbocycles. The van der Waals surface area contributed by atoms with Gasteiger partial charge in [-0.25, -0.2) is 4.98 Å². The average Bonchev–Trinajstić information content (AvgIpc) is 3.41. The van der Waals surface area contributed by atoms with Gasteiger partial charge in [-0.15, -0.1) is 0 Å². The standard InChI is InChI=1S/C21H21N3O/c25-21(23-13-15-24-14-12-22-20(24)18-8-9-18)19-10-6-17(7-11-19)16-4-2-1-3-5-16/h1-7,10-12,14,18H,8-9,13,15H2,(H,23,25). The van der Waals surface area contributed by atoms with Crippen LogP contribution in [-0.4, -0.2) is 22.0 Å². The highest BCUT2D eigenvalue weighted by Crippen LogP contribution is 2.38. The Bertz CT molecular complexity index is 848. The van der Waals surface area contributed by atoms with E-state index in [1.807, 2.05) is 54.9 Å². The van der Waals surface area contributed by atoms with Crippen molar-refractivity contribution in [1.82, 2.24) is 14.9 Å². The maximum Gasteiger partial charge on any atom is 0.251 e. The molecule has 0 radical (unpaired) electrons. The average molecular weight is 331 g/mol. The maximum absolute atomic E-state index is 12.3. The highest BCUT2D eigenvalue weighted by atomic mass is 16.1. The zero-order chi connectivity index (χ0) is 17.1. The number of rotatable bonds is 6. The minimum atomic E-state index is -0.0345. The van der Waals surface area contributed by atoms with Crippen LogP contribution in [0.5, 0.6) is 0 Å². The number of nitrogens with zero attached hydrogens (tertiary/aromatic N) is 2. The van der Waals surface area contributed by atoms with Crippen LogP contribution in [0, 0.1) is 0 Å². The SMILES string of the molecule is O=C(NCCn1ccnc1C1CC1)c1ccc(-c2ccccc2)cc1. The van der Waals surface area contributed by atoms with Gasteiger partial charge in [-0.3, -0.25) is 4.79 Å². The summed E-state index contributed by atoms with van der Waals surface area (Å²) in [5.41, 5.74) is 2.96. The van der Waals surface area contributed by atoms with E-state index in [0.29, 0.717) is 18.0 Å². The molecule has 1 heterocycles. The molecule has 25 heavy (non-hydrogen) atoms. The number of benzene rings is 2. The summed E-state index contributed by atoms with van der Waals surface area (Å²) >= 11 is 0. The molecule has 4 heteroatoms. The summed E-state index contributed by atoms with van der Waals surface area (Å²) in [5.74, 6) is 1.74. The van der Waals surface area contributed by atoms with Crippen LogP contribution >= 0.6 is 0 Å². The largest absolute Gasteiger partial charge is 0.350 e. The summed E-state index contributed by atoms with van der Waals surface area (Å²) in [6.45, 7) is 1.37. The number of nitrogens with one attached hydrogen (secondary N) is 1. The molecule has 0 aliphatic heterocycles. The Labute approximate surface area is 147 Å². The normalized spacial score (nSPS) is 13.6. The van der Waals surface area contributed by atoms with E-state index in [0.717, 1.165) is 23.5 Å². The third-order valence-electron chi connectivity index (χ3n) is 4.58. The van der Waals surface area contributed by atoms with Gasteiger partial charge in [-0.05, 0) is 36.1 Å². The lowest BCUT2D eigenvalue weighted by molar-refractivity contribution is 0.0952. The predicted molar refractivity (Wildman–Crippen MR) is 98.4 cm³/mol. The number of aromatic nitrogens is 2. The topological polar surface area (TPSA) is 46.9 Å². The first-order valence-corrected chi connectivity index (χ1v) is 8.76. The van der Waals surface area contributed by atoms with Crippen molar-refractivity contribution in [3.63, 3.8) is 0 Å². The van der Waals surface area contributed by atoms with E-state index in [9.17, 15) is 4.79 Å². The Morgan fingerprint density at radius 2 is 1.76 bits per heavy atom. The van der Waals surface area contributed by atoms with Gasteiger partial charge >= 0.3 is 0 Å². The summed E-state index contributed by atoms with van der Waals surface area (Å²) in [4.78, 5) is 16.7. The molecular weight excluding hydrogens is 310 g/mol. The predicted octanol–water partition coefficient (Wildman–Crippen LogP) is 3.86. The van der Waals surface area contributed by atoms with E-state index in [-0.39, 0.29) is 5.91 Å². The quantitative estimate of drug-likeness (QED) is 0.745. The minimum Gasteiger partial charge on any atom is -0.350 e. The van der Waals surface area contributed by atoms with E-state index in [2.05, 4.69) is 27.0 Å². The molecule has 0 unspecified atom stereocenters. The molecule has 126 valence electrons. The molecule has 1 aliphatic rings. The fraction of sp³-hybridized carbons (Fsp3) is 0.238. The van der Waals surface area contributed by atoms with Crippen molar-refractivity contribution in [3.8, 4) is 11.1 Å². The Kier molecular flexibility index (Phi) is 4.34. The first-order chi connectivity index (χ1) is 12.3. The van der Waals surface area contributed by atoms with Gasteiger partial charge in [0.2, 0.25) is 0 Å². The minimum absolute atomic E-state index is 0.0345. The second-order valence-electron chi connectivity index (χ2n) is 6.45. The summed E-state index contributed by atoms with van der Waals surface area (Å²) in [6, 6.07) is 17.9. The molecule has 4 rings (SSSR count). The lowest BCUT2D eigenvalue weighted by atomic mass is 10.0. The summed E-state index contributed by atoms with van der Waals surface area (Å²) in [7, 11) is 0. The smallest absolute Gasteiger partial charge is 0.251 e. The maximum atomic E-state index is 12.3. The van der Waals surface area contributed by atoms with E-state index >= 15 is 0 Å². The molecule has 4 nitrogen and oxygen atoms in total. The molecule has 0 atom stereocenters. The van der Waals surface area contributed by atoms with Gasteiger partial charge in [0.25, 0.3) is 5.91 Å². The third kappa shape index (κ3) is 3.63. The molecule has 0 spiro atoms. The molecule has 1 saturated carbocycles. The van der Waals surface area contributed by atoms with Gasteiger partial charge in [0, 0.05) is 37.0 Å². The highest BCUT2D eigenvalue weighted by Gasteiger charge is 2.27. The number of hydrogen-bond donors (Lipinski definition) is 1. The van der Waals surface area contributed by atoms with Crippen LogP contribution in [0.15, 0.2) is 67.0 Å². The first kappa shape index (κ1) is 15.6. The van der Waals surface area contributed by atoms with Crippen LogP contribution in [0.1, 0.15) is 34.9 Å². The second kappa shape index (κ2) is 6.93. The molecule has 1 amide bonds. The van der Waals surface area contributed by atoms with Crippen LogP contribution < -0.4 is 5.32 Å². The van der Waals surface area contributed by atoms with Crippen molar-refractivity contribution in [2.24, 2.45) is 0 Å². The number of carbonyl (C=O) groups excluding carboxylic acids is 1. The van der Waals surface area contributed by atoms with E-state index < -0.39 is 0 Å². The van der Waals surface area contributed by atoms with Gasteiger partial charge in [0.15, 0.2) is 0 Å². The molecule has 1 fully saturated rings. The highest BCUT2D eigenvalue weighted by molar-refractivity contribution is 5.94. The van der Waals surface area contributed by atoms with Crippen molar-refractivity contribution in [2.75, 3.05) is 6.54 Å². The summed E-state index contributed by atoms with van der Waals surface area (Å²) in [6.07, 6.45) is 6.31. The van der Waals surface area contributed by atoms with E-state index in [1.165, 1.54) is 12.8 Å². The van der Waals surface area contributed by atoms with Crippen LogP contribution in [0.2, 0.25) is 0 Å². The monoisotopic (exact) mass is 331 g/mol. The lowest BCUT2D eigenvalue weighted by Crippen LogP contribution is -2.27. The van der Waals surface area contributed by atoms with Crippen LogP contribution in [0.25, 0.3) is 11.1 Å². The Morgan fingerprint density at radius 3 is 2.48 bits per heavy atom. The fourth-order valence-corrected chi connectivity index (χ4v) is 3.05. The van der Waals surface area contributed by atoms with E-state index in [4.69, 9.17) is 0 Å². The molecule has 1 N–H and O–H groups in total. The van der Waals surface area contributed by atoms with Gasteiger partial charge in [0.05, 0.1) is 0 Å². The van der Waals surface area contributed by atoms with Gasteiger partial charge in [-0.2, -0.15) is 0 Å². The molecule has 1 aromatic heterocycles. The number of amides is 1. The molecule has 0 bridgehead atoms. The summed E-state index contributed by atoms with van der Waals surface area (Å²) in [5, 5.41) is 3.00. The zero-order valence-corrected chi connectivity index (χ0v) is 14.1. The molecular formula is C21H21N3O. The molecule has 0 saturated heterocycles. The van der Waals surface area contributed by atoms with Crippen molar-refractivity contribution in [2.45, 2.75) is 25.3 Å². The molecule has 3 aromatic rings. The van der Waals surface area contributed by atoms with Crippen LogP contribution in [0.3, 0.4) is 0 Å². The number of carbonyl (C=O) groups is 1. The van der Waals surface area contributed by atoms with E-state index in [1.54, 1.807) is 0 Å². The van der Waals surface area contributed by atoms with Crippen molar-refractivity contribution < 1.29 is 4.79 Å². The molecule has 1 aliphatic carbocycles. The van der Waals surface area contributed by atoms with Crippen LogP contribution in [0.4, 0.5) is 0 Å². The second-order valence-corrected chi connectivity index (χ2v) is 6.45. The number of imidazole rings is 1. The zero-order valence-electron chi connectivity index (χ0n) is 14.1. The van der Waals surface area contributed by atoms with Gasteiger partial charge in [-0.1, -0.05) is 42.5 Å². The lowest BCUT2D eigenvalue weighted by Gasteiger charge is -2.09. The Balaban J connectivity index is 1.34. The van der Waals surface area contributed by atoms with Crippen molar-refractivity contribution in [3.05, 3.63) is 78.4 Å². The van der Waals surface area contributed by atoms with Crippen molar-refractivity contribution in [1.29, 1.82) is 0 Å². The van der Waals surface area contributed by atoms with Gasteiger partial charge < -0.3 is 9.88 Å².